The predicted octanol–water partition coefficient (Wildman–Crippen LogP) is 4.88. The molecule has 0 spiro atoms. The molecule has 0 fully saturated rings. The zero-order chi connectivity index (χ0) is 14.7. The molecule has 3 aromatic rings. The Bertz CT molecular complexity index is 811. The van der Waals surface area contributed by atoms with Gasteiger partial charge in [-0.25, -0.2) is 4.39 Å². The number of ketones is 1. The van der Waals surface area contributed by atoms with E-state index in [0.29, 0.717) is 5.56 Å². The molecule has 0 radical (unpaired) electrons. The highest BCUT2D eigenvalue weighted by molar-refractivity contribution is 6.14. The number of allylic oxidation sites excluding steroid dienone is 1. The molecular weight excluding hydrogens is 263 g/mol. The molecule has 0 amide bonds. The van der Waals surface area contributed by atoms with E-state index in [1.165, 1.54) is 18.2 Å². The molecule has 3 aromatic carbocycles. The summed E-state index contributed by atoms with van der Waals surface area (Å²) < 4.78 is 12.8. The Balaban J connectivity index is 1.92. The van der Waals surface area contributed by atoms with Gasteiger partial charge in [0, 0.05) is 5.56 Å². The van der Waals surface area contributed by atoms with Crippen molar-refractivity contribution in [3.63, 3.8) is 0 Å². The van der Waals surface area contributed by atoms with Crippen LogP contribution in [-0.2, 0) is 0 Å². The average molecular weight is 276 g/mol. The Hall–Kier alpha value is -2.74. The van der Waals surface area contributed by atoms with Gasteiger partial charge in [0.15, 0.2) is 5.78 Å². The lowest BCUT2D eigenvalue weighted by Crippen LogP contribution is -1.95. The summed E-state index contributed by atoms with van der Waals surface area (Å²) >= 11 is 0. The van der Waals surface area contributed by atoms with E-state index in [1.807, 2.05) is 42.5 Å². The summed E-state index contributed by atoms with van der Waals surface area (Å²) in [6.45, 7) is 0. The fourth-order valence-corrected chi connectivity index (χ4v) is 2.28. The van der Waals surface area contributed by atoms with Crippen LogP contribution in [0.25, 0.3) is 16.8 Å². The highest BCUT2D eigenvalue weighted by Crippen LogP contribution is 2.19. The van der Waals surface area contributed by atoms with Crippen LogP contribution in [0.2, 0.25) is 0 Å². The standard InChI is InChI=1S/C19H13FO/c20-16-11-8-14(9-12-16)10-13-19(21)18-7-3-5-15-4-1-2-6-17(15)18/h1-13H. The topological polar surface area (TPSA) is 17.1 Å². The molecule has 1 nitrogen and oxygen atoms in total. The van der Waals surface area contributed by atoms with Crippen LogP contribution in [0.3, 0.4) is 0 Å². The Morgan fingerprint density at radius 1 is 0.857 bits per heavy atom. The van der Waals surface area contributed by atoms with Crippen LogP contribution in [0, 0.1) is 5.82 Å². The van der Waals surface area contributed by atoms with Gasteiger partial charge in [-0.1, -0.05) is 60.7 Å². The third kappa shape index (κ3) is 2.90. The molecule has 102 valence electrons. The second kappa shape index (κ2) is 5.71. The molecule has 0 aliphatic rings. The molecular formula is C19H13FO. The largest absolute Gasteiger partial charge is 0.289 e. The summed E-state index contributed by atoms with van der Waals surface area (Å²) in [5, 5.41) is 1.98. The third-order valence-corrected chi connectivity index (χ3v) is 3.35. The van der Waals surface area contributed by atoms with E-state index >= 15 is 0 Å². The first kappa shape index (κ1) is 13.3. The van der Waals surface area contributed by atoms with Crippen LogP contribution in [0.1, 0.15) is 15.9 Å². The summed E-state index contributed by atoms with van der Waals surface area (Å²) in [5.41, 5.74) is 1.47. The lowest BCUT2D eigenvalue weighted by Gasteiger charge is -2.02. The summed E-state index contributed by atoms with van der Waals surface area (Å²) in [7, 11) is 0. The average Bonchev–Trinajstić information content (AvgIpc) is 2.53. The molecule has 0 heterocycles. The van der Waals surface area contributed by atoms with Gasteiger partial charge in [-0.05, 0) is 34.5 Å². The second-order valence-corrected chi connectivity index (χ2v) is 4.78. The monoisotopic (exact) mass is 276 g/mol. The van der Waals surface area contributed by atoms with E-state index in [4.69, 9.17) is 0 Å². The van der Waals surface area contributed by atoms with Gasteiger partial charge in [-0.2, -0.15) is 0 Å². The molecule has 0 aromatic heterocycles. The van der Waals surface area contributed by atoms with E-state index in [-0.39, 0.29) is 11.6 Å². The van der Waals surface area contributed by atoms with Gasteiger partial charge in [0.2, 0.25) is 0 Å². The van der Waals surface area contributed by atoms with Crippen LogP contribution in [0.15, 0.2) is 72.8 Å². The fraction of sp³-hybridized carbons (Fsp3) is 0. The molecule has 0 N–H and O–H groups in total. The molecule has 21 heavy (non-hydrogen) atoms. The molecule has 2 heteroatoms. The molecule has 0 aliphatic heterocycles. The zero-order valence-corrected chi connectivity index (χ0v) is 11.3. The smallest absolute Gasteiger partial charge is 0.186 e. The second-order valence-electron chi connectivity index (χ2n) is 4.78. The van der Waals surface area contributed by atoms with Gasteiger partial charge in [-0.15, -0.1) is 0 Å². The number of carbonyl (C=O) groups is 1. The van der Waals surface area contributed by atoms with E-state index in [9.17, 15) is 9.18 Å². The van der Waals surface area contributed by atoms with E-state index in [1.54, 1.807) is 18.2 Å². The first-order chi connectivity index (χ1) is 10.2. The molecule has 0 bridgehead atoms. The minimum atomic E-state index is -0.285. The van der Waals surface area contributed by atoms with E-state index in [0.717, 1.165) is 16.3 Å². The van der Waals surface area contributed by atoms with Gasteiger partial charge in [0.1, 0.15) is 5.82 Å². The van der Waals surface area contributed by atoms with E-state index in [2.05, 4.69) is 0 Å². The number of benzene rings is 3. The first-order valence-corrected chi connectivity index (χ1v) is 6.70. The lowest BCUT2D eigenvalue weighted by atomic mass is 10.0. The van der Waals surface area contributed by atoms with Crippen LogP contribution < -0.4 is 0 Å². The Labute approximate surface area is 122 Å². The molecule has 3 rings (SSSR count). The van der Waals surface area contributed by atoms with Crippen molar-refractivity contribution in [1.29, 1.82) is 0 Å². The molecule has 0 saturated carbocycles. The SMILES string of the molecule is O=C(C=Cc1ccc(F)cc1)c1cccc2ccccc12. The number of carbonyl (C=O) groups excluding carboxylic acids is 1. The molecule has 0 aliphatic carbocycles. The van der Waals surface area contributed by atoms with Gasteiger partial charge < -0.3 is 0 Å². The van der Waals surface area contributed by atoms with Crippen molar-refractivity contribution in [2.24, 2.45) is 0 Å². The maximum atomic E-state index is 12.8. The predicted molar refractivity (Wildman–Crippen MR) is 83.7 cm³/mol. The van der Waals surface area contributed by atoms with Crippen molar-refractivity contribution in [3.05, 3.63) is 89.8 Å². The van der Waals surface area contributed by atoms with Crippen molar-refractivity contribution >= 4 is 22.6 Å². The summed E-state index contributed by atoms with van der Waals surface area (Å²) in [6, 6.07) is 19.5. The van der Waals surface area contributed by atoms with Gasteiger partial charge >= 0.3 is 0 Å². The number of halogens is 1. The zero-order valence-electron chi connectivity index (χ0n) is 11.3. The van der Waals surface area contributed by atoms with Gasteiger partial charge in [-0.3, -0.25) is 4.79 Å². The maximum Gasteiger partial charge on any atom is 0.186 e. The highest BCUT2D eigenvalue weighted by atomic mass is 19.1. The van der Waals surface area contributed by atoms with Crippen molar-refractivity contribution in [2.45, 2.75) is 0 Å². The Morgan fingerprint density at radius 3 is 2.38 bits per heavy atom. The van der Waals surface area contributed by atoms with Crippen molar-refractivity contribution in [1.82, 2.24) is 0 Å². The van der Waals surface area contributed by atoms with Crippen molar-refractivity contribution < 1.29 is 9.18 Å². The summed E-state index contributed by atoms with van der Waals surface area (Å²) in [5.74, 6) is -0.344. The lowest BCUT2D eigenvalue weighted by molar-refractivity contribution is 0.104. The molecule has 0 unspecified atom stereocenters. The van der Waals surface area contributed by atoms with Crippen molar-refractivity contribution in [3.8, 4) is 0 Å². The van der Waals surface area contributed by atoms with Gasteiger partial charge in [0.05, 0.1) is 0 Å². The third-order valence-electron chi connectivity index (χ3n) is 3.35. The highest BCUT2D eigenvalue weighted by Gasteiger charge is 2.06. The van der Waals surface area contributed by atoms with Crippen molar-refractivity contribution in [2.75, 3.05) is 0 Å². The van der Waals surface area contributed by atoms with Crippen LogP contribution in [0.4, 0.5) is 4.39 Å². The summed E-state index contributed by atoms with van der Waals surface area (Å²) in [4.78, 5) is 12.3. The fourth-order valence-electron chi connectivity index (χ4n) is 2.28. The quantitative estimate of drug-likeness (QED) is 0.492. The number of fused-ring (bicyclic) bond motifs is 1. The molecule has 0 atom stereocenters. The van der Waals surface area contributed by atoms with E-state index < -0.39 is 0 Å². The first-order valence-electron chi connectivity index (χ1n) is 6.70. The number of rotatable bonds is 3. The minimum absolute atomic E-state index is 0.0591. The van der Waals surface area contributed by atoms with Crippen LogP contribution >= 0.6 is 0 Å². The minimum Gasteiger partial charge on any atom is -0.289 e. The number of hydrogen-bond donors (Lipinski definition) is 0. The molecule has 0 saturated heterocycles. The normalized spacial score (nSPS) is 11.1. The maximum absolute atomic E-state index is 12.8. The van der Waals surface area contributed by atoms with Gasteiger partial charge in [0.25, 0.3) is 0 Å². The van der Waals surface area contributed by atoms with Crippen LogP contribution in [-0.4, -0.2) is 5.78 Å². The Morgan fingerprint density at radius 2 is 1.57 bits per heavy atom. The van der Waals surface area contributed by atoms with Crippen LogP contribution in [0.5, 0.6) is 0 Å². The Kier molecular flexibility index (Phi) is 3.61. The summed E-state index contributed by atoms with van der Waals surface area (Å²) in [6.07, 6.45) is 3.22. The number of hydrogen-bond acceptors (Lipinski definition) is 1.